The Bertz CT molecular complexity index is 1460. The maximum Gasteiger partial charge on any atom is 0.373 e. The zero-order valence-electron chi connectivity index (χ0n) is 19.8. The monoisotopic (exact) mass is 493 g/mol. The van der Waals surface area contributed by atoms with Gasteiger partial charge >= 0.3 is 6.10 Å². The summed E-state index contributed by atoms with van der Waals surface area (Å²) in [6.45, 7) is 0.749. The molecule has 0 saturated heterocycles. The number of fused-ring (bicyclic) bond motifs is 2. The number of nitrogens with zero attached hydrogens (tertiary/aromatic N) is 5. The fraction of sp³-hybridized carbons (Fsp3) is 0.333. The van der Waals surface area contributed by atoms with Crippen LogP contribution in [0.5, 0.6) is 0 Å². The van der Waals surface area contributed by atoms with Gasteiger partial charge in [0.05, 0.1) is 17.6 Å². The van der Waals surface area contributed by atoms with Gasteiger partial charge in [-0.1, -0.05) is 6.07 Å². The first kappa shape index (κ1) is 23.9. The fourth-order valence-corrected chi connectivity index (χ4v) is 4.06. The summed E-state index contributed by atoms with van der Waals surface area (Å²) in [5, 5.41) is 39.7. The van der Waals surface area contributed by atoms with Crippen LogP contribution in [0.25, 0.3) is 27.7 Å². The van der Waals surface area contributed by atoms with E-state index in [1.165, 1.54) is 10.7 Å². The number of aliphatic hydroxyl groups is 3. The van der Waals surface area contributed by atoms with Crippen molar-refractivity contribution in [2.24, 2.45) is 5.92 Å². The lowest BCUT2D eigenvalue weighted by molar-refractivity contribution is -0.373. The molecule has 0 atom stereocenters. The molecule has 5 N–H and O–H groups in total. The van der Waals surface area contributed by atoms with Gasteiger partial charge < -0.3 is 25.5 Å². The highest BCUT2D eigenvalue weighted by Crippen LogP contribution is 2.31. The Hall–Kier alpha value is -3.84. The Labute approximate surface area is 205 Å². The second kappa shape index (κ2) is 8.99. The van der Waals surface area contributed by atoms with Gasteiger partial charge in [-0.25, -0.2) is 4.52 Å². The summed E-state index contributed by atoms with van der Waals surface area (Å²) in [5.41, 5.74) is 2.50. The van der Waals surface area contributed by atoms with Gasteiger partial charge in [0.15, 0.2) is 5.65 Å². The number of pyridine rings is 1. The Kier molecular flexibility index (Phi) is 5.96. The van der Waals surface area contributed by atoms with Crippen LogP contribution in [0.3, 0.4) is 0 Å². The highest BCUT2D eigenvalue weighted by atomic mass is 16.7. The van der Waals surface area contributed by atoms with E-state index in [2.05, 4.69) is 20.7 Å². The third-order valence-corrected chi connectivity index (χ3v) is 6.00. The number of anilines is 1. The van der Waals surface area contributed by atoms with Gasteiger partial charge in [-0.2, -0.15) is 4.98 Å². The molecule has 0 bridgehead atoms. The van der Waals surface area contributed by atoms with Gasteiger partial charge in [0.1, 0.15) is 0 Å². The molecule has 1 aromatic carbocycles. The lowest BCUT2D eigenvalue weighted by Gasteiger charge is -2.16. The van der Waals surface area contributed by atoms with E-state index in [9.17, 15) is 24.9 Å². The third-order valence-electron chi connectivity index (χ3n) is 6.00. The van der Waals surface area contributed by atoms with E-state index in [0.717, 1.165) is 28.5 Å². The molecule has 3 aromatic heterocycles. The molecule has 1 aliphatic carbocycles. The average Bonchev–Trinajstić information content (AvgIpc) is 3.41. The third kappa shape index (κ3) is 4.93. The van der Waals surface area contributed by atoms with Gasteiger partial charge in [0, 0.05) is 24.3 Å². The van der Waals surface area contributed by atoms with Crippen molar-refractivity contribution in [1.29, 1.82) is 0 Å². The molecular weight excluding hydrogens is 466 g/mol. The minimum atomic E-state index is -3.16. The fourth-order valence-electron chi connectivity index (χ4n) is 4.06. The number of carbonyl (C=O) groups is 2. The molecule has 188 valence electrons. The van der Waals surface area contributed by atoms with Crippen molar-refractivity contribution in [1.82, 2.24) is 29.4 Å². The molecule has 1 saturated carbocycles. The highest BCUT2D eigenvalue weighted by molar-refractivity contribution is 6.08. The second-order valence-corrected chi connectivity index (χ2v) is 9.34. The van der Waals surface area contributed by atoms with Crippen LogP contribution in [0.1, 0.15) is 23.2 Å². The zero-order valence-corrected chi connectivity index (χ0v) is 19.8. The maximum absolute atomic E-state index is 12.9. The molecule has 12 heteroatoms. The first-order valence-electron chi connectivity index (χ1n) is 11.5. The summed E-state index contributed by atoms with van der Waals surface area (Å²) in [4.78, 5) is 31.0. The SMILES string of the molecule is CN(C)CC(=O)Nc1nc2cc(-c3ccc4c(c3)c(C(=O)NCC3CC3)cn4C(O)(O)O)ccn2n1. The van der Waals surface area contributed by atoms with Gasteiger partial charge in [-0.15, -0.1) is 5.10 Å². The molecule has 0 spiro atoms. The van der Waals surface area contributed by atoms with Crippen LogP contribution in [0.4, 0.5) is 5.95 Å². The molecule has 0 aliphatic heterocycles. The number of hydrogen-bond donors (Lipinski definition) is 5. The summed E-state index contributed by atoms with van der Waals surface area (Å²) in [6, 6.07) is 8.67. The second-order valence-electron chi connectivity index (χ2n) is 9.34. The zero-order chi connectivity index (χ0) is 25.6. The van der Waals surface area contributed by atoms with Crippen molar-refractivity contribution >= 4 is 34.3 Å². The highest BCUT2D eigenvalue weighted by Gasteiger charge is 2.28. The van der Waals surface area contributed by atoms with Crippen molar-refractivity contribution < 1.29 is 24.9 Å². The summed E-state index contributed by atoms with van der Waals surface area (Å²) in [5.74, 6) is 0.0635. The van der Waals surface area contributed by atoms with Crippen molar-refractivity contribution in [2.45, 2.75) is 18.9 Å². The summed E-state index contributed by atoms with van der Waals surface area (Å²) >= 11 is 0. The number of aromatic nitrogens is 4. The first-order chi connectivity index (χ1) is 17.1. The topological polar surface area (TPSA) is 157 Å². The van der Waals surface area contributed by atoms with Crippen LogP contribution >= 0.6 is 0 Å². The Balaban J connectivity index is 1.49. The molecule has 36 heavy (non-hydrogen) atoms. The normalized spacial score (nSPS) is 14.1. The van der Waals surface area contributed by atoms with Crippen LogP contribution in [-0.2, 0) is 10.9 Å². The number of nitrogens with one attached hydrogen (secondary N) is 2. The molecule has 1 aliphatic rings. The molecule has 1 fully saturated rings. The molecule has 0 radical (unpaired) electrons. The minimum Gasteiger partial charge on any atom is -0.352 e. The van der Waals surface area contributed by atoms with Crippen LogP contribution in [-0.4, -0.2) is 78.4 Å². The molecule has 4 aromatic rings. The first-order valence-corrected chi connectivity index (χ1v) is 11.5. The Morgan fingerprint density at radius 1 is 1.14 bits per heavy atom. The van der Waals surface area contributed by atoms with Crippen LogP contribution < -0.4 is 10.6 Å². The molecule has 0 unspecified atom stereocenters. The van der Waals surface area contributed by atoms with Crippen molar-refractivity contribution in [3.8, 4) is 11.1 Å². The van der Waals surface area contributed by atoms with E-state index < -0.39 is 6.10 Å². The van der Waals surface area contributed by atoms with Gasteiger partial charge in [-0.3, -0.25) is 19.5 Å². The van der Waals surface area contributed by atoms with E-state index in [1.807, 2.05) is 6.07 Å². The predicted molar refractivity (Wildman–Crippen MR) is 131 cm³/mol. The standard InChI is InChI=1S/C24H27N7O5/c1-29(2)13-21(32)27-23-26-20-10-16(7-8-31(20)28-23)15-5-6-19-17(9-15)18(12-30(19)24(34,35)36)22(33)25-11-14-3-4-14/h5-10,12,14,34-36H,3-4,11,13H2,1-2H3,(H,25,33)(H,27,28,32). The molecule has 5 rings (SSSR count). The Morgan fingerprint density at radius 3 is 2.58 bits per heavy atom. The lowest BCUT2D eigenvalue weighted by Crippen LogP contribution is -2.31. The molecule has 2 amide bonds. The van der Waals surface area contributed by atoms with Crippen LogP contribution in [0, 0.1) is 5.92 Å². The van der Waals surface area contributed by atoms with Crippen molar-refractivity contribution in [2.75, 3.05) is 32.5 Å². The van der Waals surface area contributed by atoms with Crippen molar-refractivity contribution in [3.05, 3.63) is 48.3 Å². The smallest absolute Gasteiger partial charge is 0.352 e. The number of hydrogen-bond acceptors (Lipinski definition) is 8. The number of rotatable bonds is 8. The minimum absolute atomic E-state index is 0.186. The number of carbonyl (C=O) groups excluding carboxylic acids is 2. The quantitative estimate of drug-likeness (QED) is 0.223. The number of amides is 2. The average molecular weight is 494 g/mol. The van der Waals surface area contributed by atoms with E-state index in [-0.39, 0.29) is 35.4 Å². The van der Waals surface area contributed by atoms with E-state index >= 15 is 0 Å². The predicted octanol–water partition coefficient (Wildman–Crippen LogP) is 0.536. The van der Waals surface area contributed by atoms with E-state index in [4.69, 9.17) is 0 Å². The summed E-state index contributed by atoms with van der Waals surface area (Å²) in [7, 11) is 3.58. The van der Waals surface area contributed by atoms with Crippen molar-refractivity contribution in [3.63, 3.8) is 0 Å². The largest absolute Gasteiger partial charge is 0.373 e. The van der Waals surface area contributed by atoms with Crippen LogP contribution in [0.15, 0.2) is 42.7 Å². The van der Waals surface area contributed by atoms with Gasteiger partial charge in [-0.05, 0) is 68.2 Å². The number of benzene rings is 1. The summed E-state index contributed by atoms with van der Waals surface area (Å²) in [6.07, 6.45) is 1.92. The lowest BCUT2D eigenvalue weighted by atomic mass is 10.0. The number of likely N-dealkylation sites (N-methyl/N-ethyl adjacent to an activating group) is 1. The van der Waals surface area contributed by atoms with E-state index in [0.29, 0.717) is 23.5 Å². The van der Waals surface area contributed by atoms with Crippen LogP contribution in [0.2, 0.25) is 0 Å². The van der Waals surface area contributed by atoms with Gasteiger partial charge in [0.2, 0.25) is 11.9 Å². The molecule has 3 heterocycles. The Morgan fingerprint density at radius 2 is 1.89 bits per heavy atom. The maximum atomic E-state index is 12.9. The molecule has 12 nitrogen and oxygen atoms in total. The van der Waals surface area contributed by atoms with E-state index in [1.54, 1.807) is 49.5 Å². The van der Waals surface area contributed by atoms with Gasteiger partial charge in [0.25, 0.3) is 5.91 Å². The summed E-state index contributed by atoms with van der Waals surface area (Å²) < 4.78 is 2.38. The molecular formula is C24H27N7O5.